The normalized spacial score (nSPS) is 14.2. The van der Waals surface area contributed by atoms with E-state index in [4.69, 9.17) is 5.11 Å². The molecule has 0 aliphatic rings. The summed E-state index contributed by atoms with van der Waals surface area (Å²) in [6.45, 7) is 1.83. The van der Waals surface area contributed by atoms with E-state index >= 15 is 0 Å². The number of Topliss-reactive ketones (excluding diaryl/α,β-unsaturated/α-hetero) is 1. The zero-order valence-electron chi connectivity index (χ0n) is 12.9. The van der Waals surface area contributed by atoms with E-state index in [9.17, 15) is 9.90 Å². The predicted octanol–water partition coefficient (Wildman–Crippen LogP) is 3.52. The van der Waals surface area contributed by atoms with Gasteiger partial charge in [-0.05, 0) is 6.42 Å². The smallest absolute Gasteiger partial charge is 0.148 e. The monoisotopic (exact) mass is 304 g/mol. The van der Waals surface area contributed by atoms with Crippen LogP contribution in [0.4, 0.5) is 0 Å². The molecule has 20 heavy (non-hydrogen) atoms. The molecule has 0 aromatic heterocycles. The molecule has 2 atom stereocenters. The topological polar surface area (TPSA) is 57.5 Å². The lowest BCUT2D eigenvalue weighted by molar-refractivity contribution is -0.120. The van der Waals surface area contributed by atoms with Crippen LogP contribution in [0.25, 0.3) is 0 Å². The second-order valence-electron chi connectivity index (χ2n) is 5.59. The fraction of sp³-hybridized carbons (Fsp3) is 0.938. The zero-order valence-corrected chi connectivity index (χ0v) is 13.8. The summed E-state index contributed by atoms with van der Waals surface area (Å²) < 4.78 is 0. The molecule has 4 heteroatoms. The molecule has 0 saturated carbocycles. The van der Waals surface area contributed by atoms with E-state index in [2.05, 4.69) is 19.6 Å². The van der Waals surface area contributed by atoms with Gasteiger partial charge in [-0.25, -0.2) is 0 Å². The lowest BCUT2D eigenvalue weighted by atomic mass is 10.0. The summed E-state index contributed by atoms with van der Waals surface area (Å²) in [4.78, 5) is 11.6. The fourth-order valence-electron chi connectivity index (χ4n) is 2.25. The van der Waals surface area contributed by atoms with E-state index in [1.807, 2.05) is 0 Å². The van der Waals surface area contributed by atoms with Gasteiger partial charge in [-0.15, -0.1) is 0 Å². The molecule has 0 radical (unpaired) electrons. The van der Waals surface area contributed by atoms with Crippen molar-refractivity contribution in [3.63, 3.8) is 0 Å². The number of unbranched alkanes of at least 4 members (excludes halogenated alkanes) is 9. The molecule has 0 saturated heterocycles. The maximum atomic E-state index is 11.6. The van der Waals surface area contributed by atoms with Gasteiger partial charge in [-0.3, -0.25) is 4.79 Å². The van der Waals surface area contributed by atoms with Crippen LogP contribution in [0.5, 0.6) is 0 Å². The highest BCUT2D eigenvalue weighted by atomic mass is 32.1. The van der Waals surface area contributed by atoms with Crippen molar-refractivity contribution in [1.29, 1.82) is 0 Å². The third-order valence-corrected chi connectivity index (χ3v) is 4.29. The summed E-state index contributed by atoms with van der Waals surface area (Å²) in [5, 5.41) is 17.3. The number of carbonyl (C=O) groups is 1. The third kappa shape index (κ3) is 10.7. The summed E-state index contributed by atoms with van der Waals surface area (Å²) in [7, 11) is 0. The first-order valence-electron chi connectivity index (χ1n) is 8.13. The average Bonchev–Trinajstić information content (AvgIpc) is 2.47. The van der Waals surface area contributed by atoms with E-state index in [0.717, 1.165) is 12.8 Å². The molecule has 0 bridgehead atoms. The number of rotatable bonds is 14. The molecule has 2 N–H and O–H groups in total. The molecular formula is C16H32O3S. The Labute approximate surface area is 129 Å². The molecule has 0 aliphatic heterocycles. The zero-order chi connectivity index (χ0) is 15.2. The second kappa shape index (κ2) is 13.9. The molecule has 0 rings (SSSR count). The van der Waals surface area contributed by atoms with Crippen LogP contribution < -0.4 is 0 Å². The van der Waals surface area contributed by atoms with Crippen LogP contribution in [0.2, 0.25) is 0 Å². The maximum absolute atomic E-state index is 11.6. The quantitative estimate of drug-likeness (QED) is 0.340. The van der Waals surface area contributed by atoms with Crippen molar-refractivity contribution in [1.82, 2.24) is 0 Å². The van der Waals surface area contributed by atoms with Gasteiger partial charge in [0.2, 0.25) is 0 Å². The number of ketones is 1. The Kier molecular flexibility index (Phi) is 13.9. The first-order chi connectivity index (χ1) is 9.63. The average molecular weight is 304 g/mol. The van der Waals surface area contributed by atoms with Gasteiger partial charge in [0.15, 0.2) is 0 Å². The maximum Gasteiger partial charge on any atom is 0.148 e. The first-order valence-corrected chi connectivity index (χ1v) is 8.64. The molecule has 0 fully saturated rings. The van der Waals surface area contributed by atoms with Crippen molar-refractivity contribution >= 4 is 18.4 Å². The summed E-state index contributed by atoms with van der Waals surface area (Å²) >= 11 is 4.04. The number of aliphatic hydroxyl groups excluding tert-OH is 2. The van der Waals surface area contributed by atoms with Crippen molar-refractivity contribution in [2.45, 2.75) is 88.9 Å². The van der Waals surface area contributed by atoms with Gasteiger partial charge in [0.1, 0.15) is 5.78 Å². The van der Waals surface area contributed by atoms with Gasteiger partial charge >= 0.3 is 0 Å². The predicted molar refractivity (Wildman–Crippen MR) is 87.3 cm³/mol. The highest BCUT2D eigenvalue weighted by Gasteiger charge is 2.21. The number of hydrogen-bond donors (Lipinski definition) is 3. The number of thiol groups is 1. The lowest BCUT2D eigenvalue weighted by Crippen LogP contribution is -2.31. The van der Waals surface area contributed by atoms with Gasteiger partial charge in [-0.2, -0.15) is 12.6 Å². The van der Waals surface area contributed by atoms with Gasteiger partial charge < -0.3 is 10.2 Å². The number of hydrogen-bond acceptors (Lipinski definition) is 4. The number of aliphatic hydroxyl groups is 2. The molecule has 0 amide bonds. The van der Waals surface area contributed by atoms with Crippen molar-refractivity contribution in [2.24, 2.45) is 0 Å². The van der Waals surface area contributed by atoms with Crippen molar-refractivity contribution in [2.75, 3.05) is 6.61 Å². The fourth-order valence-corrected chi connectivity index (χ4v) is 2.47. The van der Waals surface area contributed by atoms with Crippen LogP contribution in [0.1, 0.15) is 77.6 Å². The Morgan fingerprint density at radius 3 is 1.85 bits per heavy atom. The van der Waals surface area contributed by atoms with Gasteiger partial charge in [0.25, 0.3) is 0 Å². The largest absolute Gasteiger partial charge is 0.394 e. The minimum Gasteiger partial charge on any atom is -0.394 e. The van der Waals surface area contributed by atoms with E-state index in [1.54, 1.807) is 0 Å². The second-order valence-corrected chi connectivity index (χ2v) is 6.15. The van der Waals surface area contributed by atoms with Gasteiger partial charge in [0.05, 0.1) is 18.0 Å². The van der Waals surface area contributed by atoms with E-state index < -0.39 is 18.0 Å². The van der Waals surface area contributed by atoms with Crippen molar-refractivity contribution in [3.8, 4) is 0 Å². The molecule has 0 aromatic rings. The van der Waals surface area contributed by atoms with E-state index in [1.165, 1.54) is 51.4 Å². The van der Waals surface area contributed by atoms with E-state index in [0.29, 0.717) is 6.42 Å². The van der Waals surface area contributed by atoms with Gasteiger partial charge in [0, 0.05) is 6.42 Å². The Morgan fingerprint density at radius 1 is 0.950 bits per heavy atom. The molecule has 0 aliphatic carbocycles. The van der Waals surface area contributed by atoms with Crippen LogP contribution in [0.3, 0.4) is 0 Å². The molecule has 3 nitrogen and oxygen atoms in total. The highest BCUT2D eigenvalue weighted by molar-refractivity contribution is 7.81. The van der Waals surface area contributed by atoms with Crippen LogP contribution in [0, 0.1) is 0 Å². The summed E-state index contributed by atoms with van der Waals surface area (Å²) in [5.74, 6) is -0.0607. The van der Waals surface area contributed by atoms with E-state index in [-0.39, 0.29) is 5.78 Å². The third-order valence-electron chi connectivity index (χ3n) is 3.66. The Morgan fingerprint density at radius 2 is 1.40 bits per heavy atom. The standard InChI is InChI=1S/C16H32O3S/c1-2-3-4-5-6-7-8-9-10-11-12-14(18)16(20)15(19)13-17/h15-17,19-20H,2-13H2,1H3. The Bertz CT molecular complexity index is 234. The first kappa shape index (κ1) is 19.9. The summed E-state index contributed by atoms with van der Waals surface area (Å²) in [6.07, 6.45) is 11.8. The molecule has 2 unspecified atom stereocenters. The molecule has 120 valence electrons. The highest BCUT2D eigenvalue weighted by Crippen LogP contribution is 2.13. The summed E-state index contributed by atoms with van der Waals surface area (Å²) in [5.41, 5.74) is 0. The van der Waals surface area contributed by atoms with Crippen molar-refractivity contribution in [3.05, 3.63) is 0 Å². The SMILES string of the molecule is CCCCCCCCCCCCC(=O)C(S)C(O)CO. The Hall–Kier alpha value is -0.0600. The lowest BCUT2D eigenvalue weighted by Gasteiger charge is -2.14. The molecular weight excluding hydrogens is 272 g/mol. The van der Waals surface area contributed by atoms with Crippen LogP contribution in [-0.2, 0) is 4.79 Å². The van der Waals surface area contributed by atoms with Crippen LogP contribution in [-0.4, -0.2) is 34.0 Å². The Balaban J connectivity index is 3.33. The number of carbonyl (C=O) groups excluding carboxylic acids is 1. The minimum atomic E-state index is -1.03. The molecule has 0 aromatic carbocycles. The molecule has 0 heterocycles. The minimum absolute atomic E-state index is 0.0607. The summed E-state index contributed by atoms with van der Waals surface area (Å²) in [6, 6.07) is 0. The molecule has 0 spiro atoms. The van der Waals surface area contributed by atoms with Crippen LogP contribution in [0.15, 0.2) is 0 Å². The van der Waals surface area contributed by atoms with Gasteiger partial charge in [-0.1, -0.05) is 64.7 Å². The van der Waals surface area contributed by atoms with Crippen LogP contribution >= 0.6 is 12.6 Å². The van der Waals surface area contributed by atoms with Crippen molar-refractivity contribution < 1.29 is 15.0 Å².